The van der Waals surface area contributed by atoms with Gasteiger partial charge in [0.25, 0.3) is 0 Å². The molecule has 5 nitrogen and oxygen atoms in total. The van der Waals surface area contributed by atoms with Gasteiger partial charge >= 0.3 is 0 Å². The summed E-state index contributed by atoms with van der Waals surface area (Å²) in [5.74, 6) is -0.263. The molecular weight excluding hydrogens is 430 g/mol. The van der Waals surface area contributed by atoms with Gasteiger partial charge < -0.3 is 10.2 Å². The SMILES string of the molecule is O=C(NC1CCN(Cc2ccccc2)CC1)[C@H]1CC(=O)N(c2ccccc2Br)C1. The molecule has 0 bridgehead atoms. The van der Waals surface area contributed by atoms with Crippen molar-refractivity contribution in [1.82, 2.24) is 10.2 Å². The van der Waals surface area contributed by atoms with Gasteiger partial charge in [0.15, 0.2) is 0 Å². The molecule has 0 unspecified atom stereocenters. The monoisotopic (exact) mass is 455 g/mol. The van der Waals surface area contributed by atoms with Crippen LogP contribution in [-0.2, 0) is 16.1 Å². The summed E-state index contributed by atoms with van der Waals surface area (Å²) in [5, 5.41) is 3.20. The van der Waals surface area contributed by atoms with Crippen molar-refractivity contribution in [3.8, 4) is 0 Å². The summed E-state index contributed by atoms with van der Waals surface area (Å²) in [6.45, 7) is 3.36. The third-order valence-electron chi connectivity index (χ3n) is 5.82. The van der Waals surface area contributed by atoms with Crippen molar-refractivity contribution >= 4 is 33.4 Å². The minimum absolute atomic E-state index is 0.00872. The van der Waals surface area contributed by atoms with Gasteiger partial charge in [0.05, 0.1) is 11.6 Å². The number of benzene rings is 2. The number of rotatable bonds is 5. The van der Waals surface area contributed by atoms with E-state index in [2.05, 4.69) is 50.4 Å². The first kappa shape index (κ1) is 20.1. The van der Waals surface area contributed by atoms with Gasteiger partial charge in [-0.2, -0.15) is 0 Å². The number of para-hydroxylation sites is 1. The quantitative estimate of drug-likeness (QED) is 0.749. The van der Waals surface area contributed by atoms with E-state index in [9.17, 15) is 9.59 Å². The molecule has 2 aromatic rings. The van der Waals surface area contributed by atoms with Crippen LogP contribution in [0.1, 0.15) is 24.8 Å². The average Bonchev–Trinajstić information content (AvgIpc) is 3.12. The van der Waals surface area contributed by atoms with Crippen LogP contribution in [0.25, 0.3) is 0 Å². The number of hydrogen-bond acceptors (Lipinski definition) is 3. The molecule has 2 heterocycles. The summed E-state index contributed by atoms with van der Waals surface area (Å²) in [5.41, 5.74) is 2.16. The van der Waals surface area contributed by atoms with Gasteiger partial charge in [0.1, 0.15) is 0 Å². The normalized spacial score (nSPS) is 20.8. The molecule has 2 saturated heterocycles. The summed E-state index contributed by atoms with van der Waals surface area (Å²) in [6.07, 6.45) is 2.18. The summed E-state index contributed by atoms with van der Waals surface area (Å²) in [4.78, 5) is 29.4. The lowest BCUT2D eigenvalue weighted by atomic mass is 10.0. The fourth-order valence-corrected chi connectivity index (χ4v) is 4.68. The lowest BCUT2D eigenvalue weighted by Crippen LogP contribution is -2.46. The number of likely N-dealkylation sites (tertiary alicyclic amines) is 1. The number of amides is 2. The molecule has 1 atom stereocenters. The minimum Gasteiger partial charge on any atom is -0.353 e. The number of nitrogens with zero attached hydrogens (tertiary/aromatic N) is 2. The maximum absolute atomic E-state index is 12.8. The van der Waals surface area contributed by atoms with Gasteiger partial charge in [-0.05, 0) is 46.5 Å². The Kier molecular flexibility index (Phi) is 6.31. The first-order valence-corrected chi connectivity index (χ1v) is 11.0. The molecule has 0 spiro atoms. The van der Waals surface area contributed by atoms with E-state index >= 15 is 0 Å². The number of nitrogens with one attached hydrogen (secondary N) is 1. The molecule has 152 valence electrons. The van der Waals surface area contributed by atoms with Gasteiger partial charge in [-0.15, -0.1) is 0 Å². The van der Waals surface area contributed by atoms with Crippen LogP contribution in [0.2, 0.25) is 0 Å². The van der Waals surface area contributed by atoms with Crippen molar-refractivity contribution in [1.29, 1.82) is 0 Å². The largest absolute Gasteiger partial charge is 0.353 e. The lowest BCUT2D eigenvalue weighted by Gasteiger charge is -2.32. The molecular formula is C23H26BrN3O2. The molecule has 2 aromatic carbocycles. The molecule has 29 heavy (non-hydrogen) atoms. The van der Waals surface area contributed by atoms with E-state index < -0.39 is 0 Å². The van der Waals surface area contributed by atoms with Gasteiger partial charge in [-0.25, -0.2) is 0 Å². The van der Waals surface area contributed by atoms with Gasteiger partial charge in [-0.1, -0.05) is 42.5 Å². The Labute approximate surface area is 180 Å². The summed E-state index contributed by atoms with van der Waals surface area (Å²) < 4.78 is 0.875. The predicted octanol–water partition coefficient (Wildman–Crippen LogP) is 3.58. The van der Waals surface area contributed by atoms with Crippen LogP contribution in [0, 0.1) is 5.92 Å². The fraction of sp³-hybridized carbons (Fsp3) is 0.391. The zero-order valence-electron chi connectivity index (χ0n) is 16.4. The van der Waals surface area contributed by atoms with E-state index in [1.165, 1.54) is 5.56 Å². The Morgan fingerprint density at radius 1 is 1.03 bits per heavy atom. The zero-order chi connectivity index (χ0) is 20.2. The molecule has 6 heteroatoms. The molecule has 0 aliphatic carbocycles. The van der Waals surface area contributed by atoms with Crippen molar-refractivity contribution in [3.63, 3.8) is 0 Å². The van der Waals surface area contributed by atoms with Crippen molar-refractivity contribution in [2.45, 2.75) is 31.8 Å². The third kappa shape index (κ3) is 4.87. The van der Waals surface area contributed by atoms with Crippen LogP contribution in [0.4, 0.5) is 5.69 Å². The fourth-order valence-electron chi connectivity index (χ4n) is 4.18. The van der Waals surface area contributed by atoms with Crippen molar-refractivity contribution in [2.24, 2.45) is 5.92 Å². The number of anilines is 1. The Morgan fingerprint density at radius 2 is 1.72 bits per heavy atom. The smallest absolute Gasteiger partial charge is 0.227 e. The third-order valence-corrected chi connectivity index (χ3v) is 6.49. The van der Waals surface area contributed by atoms with Crippen LogP contribution in [0.5, 0.6) is 0 Å². The molecule has 0 aromatic heterocycles. The number of carbonyl (C=O) groups is 2. The molecule has 0 saturated carbocycles. The molecule has 4 rings (SSSR count). The molecule has 2 aliphatic heterocycles. The first-order valence-electron chi connectivity index (χ1n) is 10.2. The zero-order valence-corrected chi connectivity index (χ0v) is 18.0. The van der Waals surface area contributed by atoms with Crippen LogP contribution in [0.15, 0.2) is 59.1 Å². The molecule has 2 aliphatic rings. The lowest BCUT2D eigenvalue weighted by molar-refractivity contribution is -0.127. The van der Waals surface area contributed by atoms with E-state index in [1.54, 1.807) is 4.90 Å². The highest BCUT2D eigenvalue weighted by atomic mass is 79.9. The Bertz CT molecular complexity index is 865. The molecule has 2 fully saturated rings. The van der Waals surface area contributed by atoms with Crippen molar-refractivity contribution in [3.05, 3.63) is 64.6 Å². The Hall–Kier alpha value is -2.18. The molecule has 2 amide bonds. The van der Waals surface area contributed by atoms with Gasteiger partial charge in [0, 0.05) is 43.1 Å². The van der Waals surface area contributed by atoms with E-state index in [0.29, 0.717) is 6.54 Å². The van der Waals surface area contributed by atoms with E-state index in [4.69, 9.17) is 0 Å². The van der Waals surface area contributed by atoms with E-state index in [0.717, 1.165) is 42.6 Å². The second kappa shape index (κ2) is 9.09. The van der Waals surface area contributed by atoms with E-state index in [1.807, 2.05) is 30.3 Å². The van der Waals surface area contributed by atoms with Crippen molar-refractivity contribution < 1.29 is 9.59 Å². The van der Waals surface area contributed by atoms with Crippen LogP contribution in [0.3, 0.4) is 0 Å². The standard InChI is InChI=1S/C23H26BrN3O2/c24-20-8-4-5-9-21(20)27-16-18(14-22(27)28)23(29)25-19-10-12-26(13-11-19)15-17-6-2-1-3-7-17/h1-9,18-19H,10-16H2,(H,25,29)/t18-/m0/s1. The molecule has 1 N–H and O–H groups in total. The van der Waals surface area contributed by atoms with Gasteiger partial charge in [-0.3, -0.25) is 14.5 Å². The van der Waals surface area contributed by atoms with Crippen molar-refractivity contribution in [2.75, 3.05) is 24.5 Å². The summed E-state index contributed by atoms with van der Waals surface area (Å²) in [6, 6.07) is 18.3. The predicted molar refractivity (Wildman–Crippen MR) is 117 cm³/mol. The Morgan fingerprint density at radius 3 is 2.45 bits per heavy atom. The topological polar surface area (TPSA) is 52.7 Å². The Balaban J connectivity index is 1.27. The number of piperidine rings is 1. The highest BCUT2D eigenvalue weighted by Gasteiger charge is 2.36. The number of hydrogen-bond donors (Lipinski definition) is 1. The summed E-state index contributed by atoms with van der Waals surface area (Å²) in [7, 11) is 0. The maximum atomic E-state index is 12.8. The number of carbonyl (C=O) groups excluding carboxylic acids is 2. The molecule has 0 radical (unpaired) electrons. The van der Waals surface area contributed by atoms with E-state index in [-0.39, 0.29) is 30.2 Å². The van der Waals surface area contributed by atoms with Crippen LogP contribution >= 0.6 is 15.9 Å². The highest BCUT2D eigenvalue weighted by Crippen LogP contribution is 2.31. The highest BCUT2D eigenvalue weighted by molar-refractivity contribution is 9.10. The summed E-state index contributed by atoms with van der Waals surface area (Å²) >= 11 is 3.50. The second-order valence-corrected chi connectivity index (χ2v) is 8.76. The average molecular weight is 456 g/mol. The maximum Gasteiger partial charge on any atom is 0.227 e. The van der Waals surface area contributed by atoms with Gasteiger partial charge in [0.2, 0.25) is 11.8 Å². The number of halogens is 1. The van der Waals surface area contributed by atoms with Crippen LogP contribution in [-0.4, -0.2) is 42.4 Å². The first-order chi connectivity index (χ1) is 14.1. The minimum atomic E-state index is -0.281. The van der Waals surface area contributed by atoms with Crippen LogP contribution < -0.4 is 10.2 Å². The second-order valence-electron chi connectivity index (χ2n) is 7.90.